The Morgan fingerprint density at radius 2 is 2.04 bits per heavy atom. The molecule has 2 aromatic rings. The summed E-state index contributed by atoms with van der Waals surface area (Å²) in [6.45, 7) is 2.15. The van der Waals surface area contributed by atoms with Crippen LogP contribution in [0.15, 0.2) is 42.6 Å². The van der Waals surface area contributed by atoms with E-state index in [9.17, 15) is 9.90 Å². The van der Waals surface area contributed by atoms with E-state index in [0.29, 0.717) is 38.2 Å². The normalized spacial score (nSPS) is 19.0. The zero-order chi connectivity index (χ0) is 17.9. The van der Waals surface area contributed by atoms with Crippen LogP contribution in [0.5, 0.6) is 11.5 Å². The summed E-state index contributed by atoms with van der Waals surface area (Å²) in [6.07, 6.45) is 1.87. The number of ether oxygens (including phenoxy) is 2. The lowest BCUT2D eigenvalue weighted by molar-refractivity contribution is 0.0812. The van der Waals surface area contributed by atoms with E-state index in [4.69, 9.17) is 9.47 Å². The molecule has 1 amide bonds. The molecule has 4 rings (SSSR count). The Kier molecular flexibility index (Phi) is 4.62. The van der Waals surface area contributed by atoms with Gasteiger partial charge in [0.05, 0.1) is 11.7 Å². The van der Waals surface area contributed by atoms with E-state index >= 15 is 0 Å². The zero-order valence-corrected chi connectivity index (χ0v) is 14.3. The molecule has 2 N–H and O–H groups in total. The number of carbonyl (C=O) groups is 1. The molecular weight excluding hydrogens is 334 g/mol. The van der Waals surface area contributed by atoms with Crippen molar-refractivity contribution in [2.75, 3.05) is 31.1 Å². The van der Waals surface area contributed by atoms with Gasteiger partial charge in [0.2, 0.25) is 0 Å². The molecule has 0 unspecified atom stereocenters. The van der Waals surface area contributed by atoms with Crippen LogP contribution < -0.4 is 19.7 Å². The molecule has 3 heterocycles. The molecule has 0 radical (unpaired) electrons. The van der Waals surface area contributed by atoms with E-state index in [-0.39, 0.29) is 18.1 Å². The van der Waals surface area contributed by atoms with E-state index in [0.717, 1.165) is 17.3 Å². The summed E-state index contributed by atoms with van der Waals surface area (Å²) in [6, 6.07) is 11.1. The number of benzene rings is 1. The highest BCUT2D eigenvalue weighted by Crippen LogP contribution is 2.31. The van der Waals surface area contributed by atoms with Gasteiger partial charge in [-0.2, -0.15) is 0 Å². The Morgan fingerprint density at radius 1 is 1.23 bits per heavy atom. The van der Waals surface area contributed by atoms with Gasteiger partial charge in [0, 0.05) is 32.3 Å². The van der Waals surface area contributed by atoms with Crippen molar-refractivity contribution in [1.29, 1.82) is 0 Å². The number of amides is 1. The molecular formula is C19H21N3O4. The number of aliphatic hydroxyl groups excluding tert-OH is 1. The first kappa shape index (κ1) is 16.7. The highest BCUT2D eigenvalue weighted by atomic mass is 16.6. The number of aliphatic hydroxyl groups is 1. The van der Waals surface area contributed by atoms with E-state index in [2.05, 4.69) is 10.3 Å². The molecule has 0 aliphatic carbocycles. The number of anilines is 1. The molecule has 1 saturated heterocycles. The fourth-order valence-corrected chi connectivity index (χ4v) is 3.00. The minimum Gasteiger partial charge on any atom is -0.486 e. The van der Waals surface area contributed by atoms with Gasteiger partial charge in [-0.1, -0.05) is 12.1 Å². The van der Waals surface area contributed by atoms with Crippen molar-refractivity contribution in [3.63, 3.8) is 0 Å². The first-order valence-electron chi connectivity index (χ1n) is 8.75. The van der Waals surface area contributed by atoms with Gasteiger partial charge in [0.15, 0.2) is 11.5 Å². The van der Waals surface area contributed by atoms with Crippen molar-refractivity contribution in [3.05, 3.63) is 48.2 Å². The van der Waals surface area contributed by atoms with Gasteiger partial charge >= 0.3 is 0 Å². The van der Waals surface area contributed by atoms with Crippen LogP contribution in [0.1, 0.15) is 16.8 Å². The minimum atomic E-state index is -0.280. The summed E-state index contributed by atoms with van der Waals surface area (Å²) in [7, 11) is 0. The summed E-state index contributed by atoms with van der Waals surface area (Å²) >= 11 is 0. The number of carbonyl (C=O) groups excluding carboxylic acids is 1. The second-order valence-corrected chi connectivity index (χ2v) is 6.51. The van der Waals surface area contributed by atoms with E-state index in [1.165, 1.54) is 0 Å². The molecule has 0 spiro atoms. The summed E-state index contributed by atoms with van der Waals surface area (Å²) in [5, 5.41) is 12.2. The monoisotopic (exact) mass is 355 g/mol. The molecule has 2 aliphatic rings. The van der Waals surface area contributed by atoms with Gasteiger partial charge in [0.1, 0.15) is 18.5 Å². The lowest BCUT2D eigenvalue weighted by atomic mass is 10.1. The molecule has 1 aromatic heterocycles. The van der Waals surface area contributed by atoms with Crippen molar-refractivity contribution in [3.8, 4) is 11.5 Å². The Morgan fingerprint density at radius 3 is 2.77 bits per heavy atom. The predicted molar refractivity (Wildman–Crippen MR) is 95.8 cm³/mol. The van der Waals surface area contributed by atoms with Gasteiger partial charge in [-0.3, -0.25) is 4.79 Å². The van der Waals surface area contributed by atoms with Crippen LogP contribution in [0.3, 0.4) is 0 Å². The van der Waals surface area contributed by atoms with Crippen molar-refractivity contribution in [1.82, 2.24) is 10.3 Å². The van der Waals surface area contributed by atoms with Crippen LogP contribution in [-0.4, -0.2) is 54.4 Å². The summed E-state index contributed by atoms with van der Waals surface area (Å²) in [5.41, 5.74) is 0.515. The number of nitrogens with one attached hydrogen (secondary N) is 1. The van der Waals surface area contributed by atoms with Gasteiger partial charge < -0.3 is 24.8 Å². The van der Waals surface area contributed by atoms with Gasteiger partial charge in [0.25, 0.3) is 5.91 Å². The van der Waals surface area contributed by atoms with E-state index < -0.39 is 0 Å². The molecule has 1 atom stereocenters. The Hall–Kier alpha value is -2.80. The van der Waals surface area contributed by atoms with Gasteiger partial charge in [-0.25, -0.2) is 4.98 Å². The number of nitrogens with zero attached hydrogens (tertiary/aromatic N) is 2. The quantitative estimate of drug-likeness (QED) is 0.839. The maximum absolute atomic E-state index is 12.2. The fourth-order valence-electron chi connectivity index (χ4n) is 3.00. The third kappa shape index (κ3) is 3.57. The van der Waals surface area contributed by atoms with Crippen LogP contribution in [0, 0.1) is 0 Å². The molecule has 1 fully saturated rings. The standard InChI is InChI=1S/C19H21N3O4/c23-14-10-22(11-14)18-6-5-13(9-21-18)19(24)20-8-7-15-12-25-16-3-1-2-4-17(16)26-15/h1-6,9,14-15,23H,7-8,10-12H2,(H,20,24)/t15-/m1/s1. The maximum atomic E-state index is 12.2. The number of para-hydroxylation sites is 2. The summed E-state index contributed by atoms with van der Waals surface area (Å²) in [5.74, 6) is 2.11. The van der Waals surface area contributed by atoms with Crippen molar-refractivity contribution in [2.45, 2.75) is 18.6 Å². The minimum absolute atomic E-state index is 0.0801. The Bertz CT molecular complexity index is 775. The highest BCUT2D eigenvalue weighted by molar-refractivity contribution is 5.94. The molecule has 136 valence electrons. The molecule has 1 aromatic carbocycles. The molecule has 7 nitrogen and oxygen atoms in total. The lowest BCUT2D eigenvalue weighted by Gasteiger charge is -2.36. The van der Waals surface area contributed by atoms with Crippen molar-refractivity contribution < 1.29 is 19.4 Å². The second kappa shape index (κ2) is 7.21. The molecule has 0 saturated carbocycles. The first-order valence-corrected chi connectivity index (χ1v) is 8.75. The third-order valence-electron chi connectivity index (χ3n) is 4.52. The van der Waals surface area contributed by atoms with Gasteiger partial charge in [-0.05, 0) is 24.3 Å². The third-order valence-corrected chi connectivity index (χ3v) is 4.52. The molecule has 7 heteroatoms. The Labute approximate surface area is 151 Å². The zero-order valence-electron chi connectivity index (χ0n) is 14.3. The summed E-state index contributed by atoms with van der Waals surface area (Å²) in [4.78, 5) is 18.5. The van der Waals surface area contributed by atoms with Crippen LogP contribution in [-0.2, 0) is 0 Å². The largest absolute Gasteiger partial charge is 0.486 e. The van der Waals surface area contributed by atoms with Crippen LogP contribution in [0.2, 0.25) is 0 Å². The number of hydrogen-bond donors (Lipinski definition) is 2. The summed E-state index contributed by atoms with van der Waals surface area (Å²) < 4.78 is 11.5. The van der Waals surface area contributed by atoms with Crippen molar-refractivity contribution >= 4 is 11.7 Å². The molecule has 0 bridgehead atoms. The Balaban J connectivity index is 1.24. The average molecular weight is 355 g/mol. The van der Waals surface area contributed by atoms with Crippen LogP contribution in [0.4, 0.5) is 5.82 Å². The number of rotatable bonds is 5. The molecule has 2 aliphatic heterocycles. The number of aromatic nitrogens is 1. The lowest BCUT2D eigenvalue weighted by Crippen LogP contribution is -2.51. The van der Waals surface area contributed by atoms with Crippen LogP contribution in [0.25, 0.3) is 0 Å². The fraction of sp³-hybridized carbons (Fsp3) is 0.368. The SMILES string of the molecule is O=C(NCC[C@@H]1COc2ccccc2O1)c1ccc(N2CC(O)C2)nc1. The second-order valence-electron chi connectivity index (χ2n) is 6.51. The van der Waals surface area contributed by atoms with Crippen LogP contribution >= 0.6 is 0 Å². The highest BCUT2D eigenvalue weighted by Gasteiger charge is 2.25. The smallest absolute Gasteiger partial charge is 0.252 e. The number of hydrogen-bond acceptors (Lipinski definition) is 6. The number of pyridine rings is 1. The number of fused-ring (bicyclic) bond motifs is 1. The maximum Gasteiger partial charge on any atom is 0.252 e. The van der Waals surface area contributed by atoms with Crippen molar-refractivity contribution in [2.24, 2.45) is 0 Å². The predicted octanol–water partition coefficient (Wildman–Crippen LogP) is 1.22. The molecule has 26 heavy (non-hydrogen) atoms. The van der Waals surface area contributed by atoms with Gasteiger partial charge in [-0.15, -0.1) is 0 Å². The average Bonchev–Trinajstić information content (AvgIpc) is 2.65. The van der Waals surface area contributed by atoms with E-state index in [1.54, 1.807) is 18.3 Å². The first-order chi connectivity index (χ1) is 12.7. The topological polar surface area (TPSA) is 83.9 Å². The number of β-amino-alcohol motifs (C(OH)–C–C–N with tert-alkyl or cyclic N) is 1. The van der Waals surface area contributed by atoms with E-state index in [1.807, 2.05) is 29.2 Å².